The van der Waals surface area contributed by atoms with Crippen LogP contribution < -0.4 is 5.32 Å². The predicted octanol–water partition coefficient (Wildman–Crippen LogP) is 5.65. The number of halogens is 5. The molecule has 2 heterocycles. The van der Waals surface area contributed by atoms with Crippen LogP contribution in [-0.2, 0) is 6.18 Å². The molecule has 2 aromatic heterocycles. The van der Waals surface area contributed by atoms with Gasteiger partial charge in [-0.3, -0.25) is 4.40 Å². The Labute approximate surface area is 151 Å². The van der Waals surface area contributed by atoms with Crippen molar-refractivity contribution in [3.05, 3.63) is 53.7 Å². The molecule has 0 aliphatic heterocycles. The number of nitrogens with zero attached hydrogens (tertiary/aromatic N) is 2. The molecule has 0 spiro atoms. The summed E-state index contributed by atoms with van der Waals surface area (Å²) in [5.74, 6) is -1.56. The number of anilines is 1. The van der Waals surface area contributed by atoms with E-state index in [9.17, 15) is 22.0 Å². The van der Waals surface area contributed by atoms with E-state index in [0.717, 1.165) is 42.2 Å². The van der Waals surface area contributed by atoms with Gasteiger partial charge in [0.05, 0.1) is 0 Å². The summed E-state index contributed by atoms with van der Waals surface area (Å²) in [6, 6.07) is 6.58. The Morgan fingerprint density at radius 3 is 2.44 bits per heavy atom. The van der Waals surface area contributed by atoms with E-state index < -0.39 is 23.5 Å². The van der Waals surface area contributed by atoms with E-state index in [-0.39, 0.29) is 28.8 Å². The highest BCUT2D eigenvalue weighted by Crippen LogP contribution is 2.38. The van der Waals surface area contributed by atoms with Crippen LogP contribution in [0.25, 0.3) is 16.9 Å². The molecule has 1 N–H and O–H groups in total. The third-order valence-corrected chi connectivity index (χ3v) is 4.82. The number of benzene rings is 1. The van der Waals surface area contributed by atoms with Gasteiger partial charge in [-0.2, -0.15) is 13.2 Å². The van der Waals surface area contributed by atoms with Gasteiger partial charge in [0, 0.05) is 17.7 Å². The Bertz CT molecular complexity index is 987. The van der Waals surface area contributed by atoms with Crippen LogP contribution in [0.2, 0.25) is 0 Å². The SMILES string of the molecule is Fc1ccc(-c2nc3cccc(C(F)(F)F)n3c2NC2CCCC2)c(F)c1. The van der Waals surface area contributed by atoms with E-state index in [2.05, 4.69) is 10.3 Å². The Morgan fingerprint density at radius 1 is 1.04 bits per heavy atom. The average molecular weight is 381 g/mol. The second-order valence-corrected chi connectivity index (χ2v) is 6.66. The Kier molecular flexibility index (Phi) is 4.28. The summed E-state index contributed by atoms with van der Waals surface area (Å²) in [5.41, 5.74) is -0.865. The summed E-state index contributed by atoms with van der Waals surface area (Å²) in [6.45, 7) is 0. The lowest BCUT2D eigenvalue weighted by Gasteiger charge is -2.17. The van der Waals surface area contributed by atoms with Crippen LogP contribution in [-0.4, -0.2) is 15.4 Å². The zero-order valence-electron chi connectivity index (χ0n) is 14.2. The molecule has 142 valence electrons. The van der Waals surface area contributed by atoms with Crippen molar-refractivity contribution in [3.8, 4) is 11.3 Å². The third-order valence-electron chi connectivity index (χ3n) is 4.82. The predicted molar refractivity (Wildman–Crippen MR) is 91.4 cm³/mol. The van der Waals surface area contributed by atoms with Gasteiger partial charge in [-0.15, -0.1) is 0 Å². The molecule has 0 bridgehead atoms. The molecule has 3 nitrogen and oxygen atoms in total. The summed E-state index contributed by atoms with van der Waals surface area (Å²) in [6.07, 6.45) is -1.04. The highest BCUT2D eigenvalue weighted by molar-refractivity contribution is 5.77. The molecule has 4 rings (SSSR count). The number of fused-ring (bicyclic) bond motifs is 1. The van der Waals surface area contributed by atoms with Crippen molar-refractivity contribution in [2.75, 3.05) is 5.32 Å². The molecule has 0 atom stereocenters. The number of alkyl halides is 3. The molecule has 0 unspecified atom stereocenters. The van der Waals surface area contributed by atoms with E-state index in [1.54, 1.807) is 0 Å². The second-order valence-electron chi connectivity index (χ2n) is 6.66. The van der Waals surface area contributed by atoms with Crippen molar-refractivity contribution in [2.24, 2.45) is 0 Å². The van der Waals surface area contributed by atoms with E-state index in [1.807, 2.05) is 0 Å². The summed E-state index contributed by atoms with van der Waals surface area (Å²) in [7, 11) is 0. The number of hydrogen-bond acceptors (Lipinski definition) is 2. The maximum Gasteiger partial charge on any atom is 0.431 e. The summed E-state index contributed by atoms with van der Waals surface area (Å²) in [4.78, 5) is 4.23. The molecule has 1 fully saturated rings. The smallest absolute Gasteiger partial charge is 0.367 e. The minimum absolute atomic E-state index is 0.0200. The highest BCUT2D eigenvalue weighted by Gasteiger charge is 2.35. The lowest BCUT2D eigenvalue weighted by atomic mass is 10.1. The van der Waals surface area contributed by atoms with Gasteiger partial charge in [-0.25, -0.2) is 13.8 Å². The van der Waals surface area contributed by atoms with Gasteiger partial charge in [0.2, 0.25) is 0 Å². The van der Waals surface area contributed by atoms with Crippen molar-refractivity contribution < 1.29 is 22.0 Å². The van der Waals surface area contributed by atoms with Gasteiger partial charge in [-0.05, 0) is 37.1 Å². The summed E-state index contributed by atoms with van der Waals surface area (Å²) < 4.78 is 69.3. The summed E-state index contributed by atoms with van der Waals surface area (Å²) in [5, 5.41) is 3.13. The molecule has 0 radical (unpaired) electrons. The number of aromatic nitrogens is 2. The molecule has 0 saturated heterocycles. The first-order valence-electron chi connectivity index (χ1n) is 8.65. The minimum Gasteiger partial charge on any atom is -0.367 e. The van der Waals surface area contributed by atoms with Crippen LogP contribution >= 0.6 is 0 Å². The van der Waals surface area contributed by atoms with E-state index in [0.29, 0.717) is 6.07 Å². The largest absolute Gasteiger partial charge is 0.431 e. The molecular formula is C19H16F5N3. The van der Waals surface area contributed by atoms with E-state index >= 15 is 0 Å². The fourth-order valence-electron chi connectivity index (χ4n) is 3.58. The molecule has 3 aromatic rings. The Balaban J connectivity index is 1.97. The molecule has 1 saturated carbocycles. The first-order chi connectivity index (χ1) is 12.8. The van der Waals surface area contributed by atoms with E-state index in [4.69, 9.17) is 0 Å². The highest BCUT2D eigenvalue weighted by atomic mass is 19.4. The van der Waals surface area contributed by atoms with Crippen molar-refractivity contribution in [3.63, 3.8) is 0 Å². The van der Waals surface area contributed by atoms with Crippen molar-refractivity contribution >= 4 is 11.5 Å². The normalized spacial score (nSPS) is 15.6. The lowest BCUT2D eigenvalue weighted by molar-refractivity contribution is -0.141. The van der Waals surface area contributed by atoms with Gasteiger partial charge < -0.3 is 5.32 Å². The molecule has 8 heteroatoms. The number of nitrogens with one attached hydrogen (secondary N) is 1. The van der Waals surface area contributed by atoms with Crippen LogP contribution in [0.15, 0.2) is 36.4 Å². The number of imidazole rings is 1. The standard InChI is InChI=1S/C19H16F5N3/c20-11-8-9-13(14(21)10-11)17-18(25-12-4-1-2-5-12)27-15(19(22,23)24)6-3-7-16(27)26-17/h3,6-10,12,25H,1-2,4-5H2. The molecular weight excluding hydrogens is 365 g/mol. The number of pyridine rings is 1. The van der Waals surface area contributed by atoms with Gasteiger partial charge in [0.1, 0.15) is 34.5 Å². The zero-order valence-corrected chi connectivity index (χ0v) is 14.2. The van der Waals surface area contributed by atoms with Crippen molar-refractivity contribution in [1.29, 1.82) is 0 Å². The van der Waals surface area contributed by atoms with Crippen molar-refractivity contribution in [1.82, 2.24) is 9.38 Å². The Hall–Kier alpha value is -2.64. The van der Waals surface area contributed by atoms with Gasteiger partial charge in [0.15, 0.2) is 0 Å². The fraction of sp³-hybridized carbons (Fsp3) is 0.316. The number of hydrogen-bond donors (Lipinski definition) is 1. The number of rotatable bonds is 3. The maximum atomic E-state index is 14.4. The average Bonchev–Trinajstić information content (AvgIpc) is 3.22. The molecule has 27 heavy (non-hydrogen) atoms. The van der Waals surface area contributed by atoms with Gasteiger partial charge in [0.25, 0.3) is 0 Å². The monoisotopic (exact) mass is 381 g/mol. The molecule has 1 aliphatic rings. The summed E-state index contributed by atoms with van der Waals surface area (Å²) >= 11 is 0. The van der Waals surface area contributed by atoms with Gasteiger partial charge >= 0.3 is 6.18 Å². The van der Waals surface area contributed by atoms with Crippen LogP contribution in [0.4, 0.5) is 27.8 Å². The molecule has 1 aliphatic carbocycles. The Morgan fingerprint density at radius 2 is 1.78 bits per heavy atom. The van der Waals surface area contributed by atoms with Crippen LogP contribution in [0.3, 0.4) is 0 Å². The molecule has 1 aromatic carbocycles. The quantitative estimate of drug-likeness (QED) is 0.594. The first-order valence-corrected chi connectivity index (χ1v) is 8.65. The van der Waals surface area contributed by atoms with Crippen LogP contribution in [0.1, 0.15) is 31.4 Å². The zero-order chi connectivity index (χ0) is 19.2. The maximum absolute atomic E-state index is 14.4. The topological polar surface area (TPSA) is 29.3 Å². The lowest BCUT2D eigenvalue weighted by Crippen LogP contribution is -2.19. The van der Waals surface area contributed by atoms with Crippen LogP contribution in [0.5, 0.6) is 0 Å². The van der Waals surface area contributed by atoms with Crippen LogP contribution in [0, 0.1) is 11.6 Å². The van der Waals surface area contributed by atoms with Crippen molar-refractivity contribution in [2.45, 2.75) is 37.9 Å². The third kappa shape index (κ3) is 3.24. The minimum atomic E-state index is -4.61. The van der Waals surface area contributed by atoms with E-state index in [1.165, 1.54) is 18.2 Å². The molecule has 0 amide bonds. The second kappa shape index (κ2) is 6.51. The fourth-order valence-corrected chi connectivity index (χ4v) is 3.58. The van der Waals surface area contributed by atoms with Gasteiger partial charge in [-0.1, -0.05) is 18.9 Å². The first kappa shape index (κ1) is 17.8.